The van der Waals surface area contributed by atoms with Crippen LogP contribution in [0.4, 0.5) is 0 Å². The summed E-state index contributed by atoms with van der Waals surface area (Å²) in [6, 6.07) is 0. The molecule has 1 atom stereocenters. The predicted molar refractivity (Wildman–Crippen MR) is 58.0 cm³/mol. The van der Waals surface area contributed by atoms with Crippen molar-refractivity contribution >= 4 is 0 Å². The molecule has 0 spiro atoms. The summed E-state index contributed by atoms with van der Waals surface area (Å²) in [6.07, 6.45) is 6.81. The topological polar surface area (TPSA) is 24.1 Å². The lowest BCUT2D eigenvalue weighted by Gasteiger charge is -2.14. The average Bonchev–Trinajstić information content (AvgIpc) is 2.11. The minimum Gasteiger partial charge on any atom is -0.317 e. The van der Waals surface area contributed by atoms with E-state index in [1.807, 2.05) is 0 Å². The van der Waals surface area contributed by atoms with Crippen LogP contribution in [0.3, 0.4) is 0 Å². The molecular formula is C11H24N2. The molecule has 1 aliphatic rings. The molecule has 0 aromatic rings. The van der Waals surface area contributed by atoms with Gasteiger partial charge >= 0.3 is 0 Å². The molecular weight excluding hydrogens is 160 g/mol. The first-order valence-electron chi connectivity index (χ1n) is 5.81. The summed E-state index contributed by atoms with van der Waals surface area (Å²) >= 11 is 0. The van der Waals surface area contributed by atoms with E-state index in [1.165, 1.54) is 58.3 Å². The van der Waals surface area contributed by atoms with Gasteiger partial charge in [0.05, 0.1) is 0 Å². The van der Waals surface area contributed by atoms with Crippen LogP contribution in [0.2, 0.25) is 0 Å². The van der Waals surface area contributed by atoms with Crippen LogP contribution in [0, 0.1) is 5.92 Å². The van der Waals surface area contributed by atoms with Gasteiger partial charge in [-0.25, -0.2) is 0 Å². The Hall–Kier alpha value is -0.0800. The summed E-state index contributed by atoms with van der Waals surface area (Å²) in [4.78, 5) is 0. The highest BCUT2D eigenvalue weighted by Crippen LogP contribution is 2.02. The van der Waals surface area contributed by atoms with E-state index in [0.29, 0.717) is 0 Å². The monoisotopic (exact) mass is 184 g/mol. The lowest BCUT2D eigenvalue weighted by atomic mass is 10.1. The van der Waals surface area contributed by atoms with Gasteiger partial charge in [-0.1, -0.05) is 19.8 Å². The number of hydrogen-bond acceptors (Lipinski definition) is 2. The predicted octanol–water partition coefficient (Wildman–Crippen LogP) is 1.77. The van der Waals surface area contributed by atoms with Crippen molar-refractivity contribution in [3.05, 3.63) is 0 Å². The molecule has 1 saturated heterocycles. The molecule has 1 fully saturated rings. The van der Waals surface area contributed by atoms with E-state index < -0.39 is 0 Å². The second kappa shape index (κ2) is 7.34. The Morgan fingerprint density at radius 2 is 1.54 bits per heavy atom. The van der Waals surface area contributed by atoms with Crippen molar-refractivity contribution in [3.63, 3.8) is 0 Å². The molecule has 0 bridgehead atoms. The molecule has 13 heavy (non-hydrogen) atoms. The van der Waals surface area contributed by atoms with Crippen LogP contribution in [0.15, 0.2) is 0 Å². The maximum absolute atomic E-state index is 3.53. The zero-order valence-electron chi connectivity index (χ0n) is 8.94. The third-order valence-corrected chi connectivity index (χ3v) is 2.76. The minimum absolute atomic E-state index is 0.826. The van der Waals surface area contributed by atoms with Crippen molar-refractivity contribution in [2.45, 2.75) is 39.0 Å². The third-order valence-electron chi connectivity index (χ3n) is 2.76. The van der Waals surface area contributed by atoms with Crippen LogP contribution < -0.4 is 10.6 Å². The van der Waals surface area contributed by atoms with Crippen molar-refractivity contribution < 1.29 is 0 Å². The van der Waals surface area contributed by atoms with Gasteiger partial charge in [-0.05, 0) is 51.4 Å². The second-order valence-corrected chi connectivity index (χ2v) is 4.26. The summed E-state index contributed by atoms with van der Waals surface area (Å²) in [5.41, 5.74) is 0. The van der Waals surface area contributed by atoms with Crippen molar-refractivity contribution in [1.82, 2.24) is 10.6 Å². The van der Waals surface area contributed by atoms with E-state index in [-0.39, 0.29) is 0 Å². The molecule has 0 saturated carbocycles. The van der Waals surface area contributed by atoms with Crippen LogP contribution in [0.1, 0.15) is 39.0 Å². The lowest BCUT2D eigenvalue weighted by molar-refractivity contribution is 0.442. The van der Waals surface area contributed by atoms with E-state index in [2.05, 4.69) is 17.6 Å². The largest absolute Gasteiger partial charge is 0.317 e. The Morgan fingerprint density at radius 1 is 0.846 bits per heavy atom. The van der Waals surface area contributed by atoms with Gasteiger partial charge in [-0.2, -0.15) is 0 Å². The summed E-state index contributed by atoms with van der Waals surface area (Å²) in [5.74, 6) is 0.826. The molecule has 0 aromatic heterocycles. The minimum atomic E-state index is 0.826. The van der Waals surface area contributed by atoms with Crippen molar-refractivity contribution in [2.24, 2.45) is 5.92 Å². The Balaban J connectivity index is 2.11. The molecule has 0 aliphatic carbocycles. The van der Waals surface area contributed by atoms with Gasteiger partial charge in [-0.3, -0.25) is 0 Å². The Bertz CT molecular complexity index is 103. The van der Waals surface area contributed by atoms with Crippen LogP contribution in [0.25, 0.3) is 0 Å². The van der Waals surface area contributed by atoms with Crippen LogP contribution >= 0.6 is 0 Å². The first kappa shape index (κ1) is 11.0. The van der Waals surface area contributed by atoms with Gasteiger partial charge in [0.25, 0.3) is 0 Å². The highest BCUT2D eigenvalue weighted by atomic mass is 14.9. The maximum atomic E-state index is 3.53. The van der Waals surface area contributed by atoms with Crippen molar-refractivity contribution in [3.8, 4) is 0 Å². The molecule has 2 N–H and O–H groups in total. The highest BCUT2D eigenvalue weighted by molar-refractivity contribution is 4.61. The summed E-state index contributed by atoms with van der Waals surface area (Å²) in [5, 5.41) is 7.03. The Labute approximate surface area is 82.5 Å². The van der Waals surface area contributed by atoms with Gasteiger partial charge in [0, 0.05) is 0 Å². The van der Waals surface area contributed by atoms with Crippen LogP contribution in [-0.4, -0.2) is 26.2 Å². The number of nitrogens with one attached hydrogen (secondary N) is 2. The van der Waals surface area contributed by atoms with Gasteiger partial charge < -0.3 is 10.6 Å². The summed E-state index contributed by atoms with van der Waals surface area (Å²) < 4.78 is 0. The van der Waals surface area contributed by atoms with E-state index in [1.54, 1.807) is 0 Å². The molecule has 0 amide bonds. The van der Waals surface area contributed by atoms with Crippen molar-refractivity contribution in [2.75, 3.05) is 26.2 Å². The maximum Gasteiger partial charge on any atom is -0.00227 e. The molecule has 1 rings (SSSR count). The zero-order chi connectivity index (χ0) is 9.36. The van der Waals surface area contributed by atoms with Crippen LogP contribution in [-0.2, 0) is 0 Å². The van der Waals surface area contributed by atoms with E-state index >= 15 is 0 Å². The number of hydrogen-bond donors (Lipinski definition) is 2. The molecule has 0 aromatic carbocycles. The third kappa shape index (κ3) is 6.05. The zero-order valence-corrected chi connectivity index (χ0v) is 8.94. The fourth-order valence-corrected chi connectivity index (χ4v) is 1.78. The van der Waals surface area contributed by atoms with E-state index in [4.69, 9.17) is 0 Å². The van der Waals surface area contributed by atoms with Crippen LogP contribution in [0.5, 0.6) is 0 Å². The molecule has 78 valence electrons. The molecule has 0 unspecified atom stereocenters. The van der Waals surface area contributed by atoms with Gasteiger partial charge in [-0.15, -0.1) is 0 Å². The quantitative estimate of drug-likeness (QED) is 0.599. The van der Waals surface area contributed by atoms with Crippen molar-refractivity contribution in [1.29, 1.82) is 0 Å². The Morgan fingerprint density at radius 3 is 2.31 bits per heavy atom. The molecule has 2 heteroatoms. The fourth-order valence-electron chi connectivity index (χ4n) is 1.78. The smallest absolute Gasteiger partial charge is 0.00227 e. The van der Waals surface area contributed by atoms with E-state index in [9.17, 15) is 0 Å². The summed E-state index contributed by atoms with van der Waals surface area (Å²) in [6.45, 7) is 7.17. The normalized spacial score (nSPS) is 28.8. The lowest BCUT2D eigenvalue weighted by Crippen LogP contribution is -2.26. The second-order valence-electron chi connectivity index (χ2n) is 4.26. The van der Waals surface area contributed by atoms with Gasteiger partial charge in [0.15, 0.2) is 0 Å². The first-order chi connectivity index (χ1) is 6.39. The first-order valence-corrected chi connectivity index (χ1v) is 5.81. The standard InChI is InChI=1S/C11H24N2/c1-11-6-9-12-7-4-2-3-5-8-13-10-11/h11-13H,2-10H2,1H3/t11-/m1/s1. The molecule has 1 heterocycles. The van der Waals surface area contributed by atoms with Gasteiger partial charge in [0.2, 0.25) is 0 Å². The fraction of sp³-hybridized carbons (Fsp3) is 1.00. The molecule has 1 aliphatic heterocycles. The SMILES string of the molecule is C[C@@H]1CCNCCCCCCNC1. The van der Waals surface area contributed by atoms with Gasteiger partial charge in [0.1, 0.15) is 0 Å². The van der Waals surface area contributed by atoms with E-state index in [0.717, 1.165) is 5.92 Å². The average molecular weight is 184 g/mol. The highest BCUT2D eigenvalue weighted by Gasteiger charge is 2.01. The Kier molecular flexibility index (Phi) is 6.21. The molecule has 0 radical (unpaired) electrons. The summed E-state index contributed by atoms with van der Waals surface area (Å²) in [7, 11) is 0. The molecule has 2 nitrogen and oxygen atoms in total. The number of rotatable bonds is 0.